The van der Waals surface area contributed by atoms with Gasteiger partial charge in [0.1, 0.15) is 0 Å². The minimum absolute atomic E-state index is 0.0483. The van der Waals surface area contributed by atoms with E-state index < -0.39 is 0 Å². The molecule has 0 spiro atoms. The van der Waals surface area contributed by atoms with Gasteiger partial charge in [0.15, 0.2) is 0 Å². The first-order chi connectivity index (χ1) is 8.99. The molecule has 19 heavy (non-hydrogen) atoms. The van der Waals surface area contributed by atoms with Gasteiger partial charge in [0.2, 0.25) is 0 Å². The topological polar surface area (TPSA) is 23.6 Å². The van der Waals surface area contributed by atoms with Crippen molar-refractivity contribution in [3.63, 3.8) is 0 Å². The van der Waals surface area contributed by atoms with Crippen LogP contribution in [-0.2, 0) is 0 Å². The summed E-state index contributed by atoms with van der Waals surface area (Å²) < 4.78 is 0.943. The molecule has 1 atom stereocenters. The molecule has 1 aromatic rings. The standard InChI is InChI=1S/C14H18ClIN2O/c1-17-7-3-4-11(17)9-18(2)14(19)12-8-10(15)5-6-13(12)16/h5-6,8,11H,3-4,7,9H2,1-2H3. The highest BCUT2D eigenvalue weighted by Crippen LogP contribution is 2.21. The molecule has 1 aliphatic rings. The monoisotopic (exact) mass is 392 g/mol. The van der Waals surface area contributed by atoms with E-state index in [0.717, 1.165) is 16.7 Å². The fraction of sp³-hybridized carbons (Fsp3) is 0.500. The molecule has 0 aromatic heterocycles. The molecule has 1 aliphatic heterocycles. The second-order valence-electron chi connectivity index (χ2n) is 5.09. The summed E-state index contributed by atoms with van der Waals surface area (Å²) in [4.78, 5) is 16.6. The Kier molecular flexibility index (Phi) is 5.09. The van der Waals surface area contributed by atoms with Gasteiger partial charge in [0.05, 0.1) is 5.56 Å². The first-order valence-corrected chi connectivity index (χ1v) is 7.85. The Labute approximate surface area is 133 Å². The molecule has 104 valence electrons. The maximum absolute atomic E-state index is 12.5. The lowest BCUT2D eigenvalue weighted by Crippen LogP contribution is -2.39. The first-order valence-electron chi connectivity index (χ1n) is 6.40. The van der Waals surface area contributed by atoms with Crippen LogP contribution in [-0.4, -0.2) is 48.9 Å². The highest BCUT2D eigenvalue weighted by molar-refractivity contribution is 14.1. The third kappa shape index (κ3) is 3.61. The van der Waals surface area contributed by atoms with Gasteiger partial charge < -0.3 is 9.80 Å². The fourth-order valence-electron chi connectivity index (χ4n) is 2.48. The quantitative estimate of drug-likeness (QED) is 0.738. The summed E-state index contributed by atoms with van der Waals surface area (Å²) >= 11 is 8.15. The van der Waals surface area contributed by atoms with Gasteiger partial charge in [-0.2, -0.15) is 0 Å². The summed E-state index contributed by atoms with van der Waals surface area (Å²) in [6.45, 7) is 1.90. The van der Waals surface area contributed by atoms with Crippen LogP contribution in [0.1, 0.15) is 23.2 Å². The van der Waals surface area contributed by atoms with Crippen LogP contribution in [0.25, 0.3) is 0 Å². The van der Waals surface area contributed by atoms with Gasteiger partial charge in [-0.05, 0) is 67.2 Å². The van der Waals surface area contributed by atoms with E-state index in [1.54, 1.807) is 11.0 Å². The van der Waals surface area contributed by atoms with E-state index in [1.807, 2.05) is 19.2 Å². The number of hydrogen-bond donors (Lipinski definition) is 0. The van der Waals surface area contributed by atoms with Gasteiger partial charge in [-0.1, -0.05) is 11.6 Å². The Morgan fingerprint density at radius 3 is 2.95 bits per heavy atom. The molecule has 0 N–H and O–H groups in total. The minimum atomic E-state index is 0.0483. The van der Waals surface area contributed by atoms with Gasteiger partial charge >= 0.3 is 0 Å². The van der Waals surface area contributed by atoms with Gasteiger partial charge in [0, 0.05) is 28.2 Å². The predicted octanol–water partition coefficient (Wildman–Crippen LogP) is 3.11. The minimum Gasteiger partial charge on any atom is -0.340 e. The Morgan fingerprint density at radius 1 is 1.58 bits per heavy atom. The molecule has 1 amide bonds. The van der Waals surface area contributed by atoms with E-state index in [2.05, 4.69) is 34.5 Å². The van der Waals surface area contributed by atoms with E-state index in [-0.39, 0.29) is 5.91 Å². The normalized spacial score (nSPS) is 19.7. The maximum atomic E-state index is 12.5. The van der Waals surface area contributed by atoms with Crippen LogP contribution in [0, 0.1) is 3.57 Å². The third-order valence-electron chi connectivity index (χ3n) is 3.66. The molecule has 1 unspecified atom stereocenters. The molecule has 0 aliphatic carbocycles. The summed E-state index contributed by atoms with van der Waals surface area (Å²) in [6, 6.07) is 5.92. The number of hydrogen-bond acceptors (Lipinski definition) is 2. The van der Waals surface area contributed by atoms with Crippen LogP contribution in [0.2, 0.25) is 5.02 Å². The second kappa shape index (κ2) is 6.41. The Balaban J connectivity index is 2.08. The van der Waals surface area contributed by atoms with Crippen molar-refractivity contribution in [2.45, 2.75) is 18.9 Å². The third-order valence-corrected chi connectivity index (χ3v) is 4.84. The van der Waals surface area contributed by atoms with Crippen molar-refractivity contribution in [2.75, 3.05) is 27.2 Å². The highest BCUT2D eigenvalue weighted by Gasteiger charge is 2.25. The van der Waals surface area contributed by atoms with Crippen LogP contribution >= 0.6 is 34.2 Å². The lowest BCUT2D eigenvalue weighted by molar-refractivity contribution is 0.0760. The molecule has 1 fully saturated rings. The number of rotatable bonds is 3. The number of amides is 1. The first kappa shape index (κ1) is 15.1. The fourth-order valence-corrected chi connectivity index (χ4v) is 3.21. The summed E-state index contributed by atoms with van der Waals surface area (Å²) in [5.74, 6) is 0.0483. The SMILES string of the molecule is CN(CC1CCCN1C)C(=O)c1cc(Cl)ccc1I. The van der Waals surface area contributed by atoms with E-state index in [0.29, 0.717) is 16.6 Å². The highest BCUT2D eigenvalue weighted by atomic mass is 127. The summed E-state index contributed by atoms with van der Waals surface area (Å²) in [7, 11) is 3.99. The molecular formula is C14H18ClIN2O. The molecular weight excluding hydrogens is 375 g/mol. The molecule has 5 heteroatoms. The van der Waals surface area contributed by atoms with Crippen molar-refractivity contribution in [3.8, 4) is 0 Å². The molecule has 2 rings (SSSR count). The number of carbonyl (C=O) groups excluding carboxylic acids is 1. The smallest absolute Gasteiger partial charge is 0.254 e. The number of likely N-dealkylation sites (tertiary alicyclic amines) is 1. The van der Waals surface area contributed by atoms with Crippen LogP contribution in [0.15, 0.2) is 18.2 Å². The van der Waals surface area contributed by atoms with E-state index in [4.69, 9.17) is 11.6 Å². The Morgan fingerprint density at radius 2 is 2.32 bits per heavy atom. The Hall–Kier alpha value is -0.330. The van der Waals surface area contributed by atoms with E-state index >= 15 is 0 Å². The molecule has 0 radical (unpaired) electrons. The summed E-state index contributed by atoms with van der Waals surface area (Å²) in [6.07, 6.45) is 2.39. The summed E-state index contributed by atoms with van der Waals surface area (Å²) in [5, 5.41) is 0.607. The maximum Gasteiger partial charge on any atom is 0.254 e. The lowest BCUT2D eigenvalue weighted by atomic mass is 10.1. The predicted molar refractivity (Wildman–Crippen MR) is 86.8 cm³/mol. The van der Waals surface area contributed by atoms with Crippen molar-refractivity contribution in [1.82, 2.24) is 9.80 Å². The zero-order valence-corrected chi connectivity index (χ0v) is 14.1. The molecule has 0 bridgehead atoms. The van der Waals surface area contributed by atoms with Crippen LogP contribution < -0.4 is 0 Å². The lowest BCUT2D eigenvalue weighted by Gasteiger charge is -2.26. The van der Waals surface area contributed by atoms with Crippen LogP contribution in [0.3, 0.4) is 0 Å². The molecule has 1 aromatic carbocycles. The molecule has 0 saturated carbocycles. The number of carbonyl (C=O) groups is 1. The number of halogens is 2. The van der Waals surface area contributed by atoms with Crippen molar-refractivity contribution >= 4 is 40.1 Å². The van der Waals surface area contributed by atoms with Crippen LogP contribution in [0.4, 0.5) is 0 Å². The van der Waals surface area contributed by atoms with Crippen molar-refractivity contribution < 1.29 is 4.79 Å². The largest absolute Gasteiger partial charge is 0.340 e. The van der Waals surface area contributed by atoms with Gasteiger partial charge in [-0.3, -0.25) is 4.79 Å². The van der Waals surface area contributed by atoms with E-state index in [9.17, 15) is 4.79 Å². The summed E-state index contributed by atoms with van der Waals surface area (Å²) in [5.41, 5.74) is 0.691. The zero-order chi connectivity index (χ0) is 14.0. The second-order valence-corrected chi connectivity index (χ2v) is 6.69. The van der Waals surface area contributed by atoms with Crippen LogP contribution in [0.5, 0.6) is 0 Å². The average Bonchev–Trinajstić information content (AvgIpc) is 2.77. The molecule has 3 nitrogen and oxygen atoms in total. The zero-order valence-electron chi connectivity index (χ0n) is 11.2. The van der Waals surface area contributed by atoms with Gasteiger partial charge in [0.25, 0.3) is 5.91 Å². The van der Waals surface area contributed by atoms with Crippen molar-refractivity contribution in [3.05, 3.63) is 32.4 Å². The number of benzene rings is 1. The molecule has 1 heterocycles. The van der Waals surface area contributed by atoms with Crippen molar-refractivity contribution in [2.24, 2.45) is 0 Å². The Bertz CT molecular complexity index is 481. The van der Waals surface area contributed by atoms with Gasteiger partial charge in [-0.25, -0.2) is 0 Å². The van der Waals surface area contributed by atoms with Crippen molar-refractivity contribution in [1.29, 1.82) is 0 Å². The number of likely N-dealkylation sites (N-methyl/N-ethyl adjacent to an activating group) is 2. The van der Waals surface area contributed by atoms with Gasteiger partial charge in [-0.15, -0.1) is 0 Å². The number of nitrogens with zero attached hydrogens (tertiary/aromatic N) is 2. The average molecular weight is 393 g/mol. The molecule has 1 saturated heterocycles. The van der Waals surface area contributed by atoms with E-state index in [1.165, 1.54) is 12.8 Å².